The first-order valence-electron chi connectivity index (χ1n) is 6.51. The zero-order chi connectivity index (χ0) is 17.2. The van der Waals surface area contributed by atoms with Gasteiger partial charge in [0, 0.05) is 5.39 Å². The third-order valence-electron chi connectivity index (χ3n) is 3.06. The molecule has 2 aromatic rings. The van der Waals surface area contributed by atoms with E-state index < -0.39 is 22.9 Å². The zero-order valence-electron chi connectivity index (χ0n) is 11.9. The lowest BCUT2D eigenvalue weighted by molar-refractivity contribution is -0.137. The van der Waals surface area contributed by atoms with Gasteiger partial charge in [0.25, 0.3) is 0 Å². The Bertz CT molecular complexity index is 822. The van der Waals surface area contributed by atoms with Gasteiger partial charge in [0.15, 0.2) is 5.58 Å². The van der Waals surface area contributed by atoms with Gasteiger partial charge < -0.3 is 9.15 Å². The van der Waals surface area contributed by atoms with Crippen LogP contribution in [0.2, 0.25) is 5.02 Å². The van der Waals surface area contributed by atoms with Crippen LogP contribution in [0.5, 0.6) is 5.75 Å². The van der Waals surface area contributed by atoms with Gasteiger partial charge in [-0.1, -0.05) is 30.3 Å². The van der Waals surface area contributed by atoms with Crippen LogP contribution in [0.3, 0.4) is 0 Å². The van der Waals surface area contributed by atoms with Gasteiger partial charge in [-0.05, 0) is 18.6 Å². The minimum Gasteiger partial charge on any atom is -0.488 e. The molecule has 0 atom stereocenters. The lowest BCUT2D eigenvalue weighted by Gasteiger charge is -2.15. The molecule has 0 aliphatic carbocycles. The summed E-state index contributed by atoms with van der Waals surface area (Å²) in [5.41, 5.74) is -3.04. The van der Waals surface area contributed by atoms with Gasteiger partial charge in [0.05, 0.1) is 11.1 Å². The van der Waals surface area contributed by atoms with Crippen LogP contribution in [0, 0.1) is 0 Å². The molecule has 23 heavy (non-hydrogen) atoms. The van der Waals surface area contributed by atoms with Crippen molar-refractivity contribution in [3.63, 3.8) is 0 Å². The van der Waals surface area contributed by atoms with Crippen molar-refractivity contribution in [2.45, 2.75) is 12.6 Å². The number of halogens is 4. The topological polar surface area (TPSA) is 39.4 Å². The van der Waals surface area contributed by atoms with Crippen molar-refractivity contribution in [2.75, 3.05) is 6.61 Å². The third kappa shape index (κ3) is 3.27. The second-order valence-electron chi connectivity index (χ2n) is 4.59. The molecule has 0 amide bonds. The lowest BCUT2D eigenvalue weighted by Crippen LogP contribution is -2.18. The standard InChI is InChI=1S/C16H12ClF3O3/c1-3-5-10-12(16(18,19)20)9-6-7-11(22-8-4-2)13(17)14(9)23-15(10)21/h3-4,6-7H,1-2,5,8H2. The molecular weight excluding hydrogens is 333 g/mol. The molecule has 3 nitrogen and oxygen atoms in total. The molecule has 0 bridgehead atoms. The number of benzene rings is 1. The summed E-state index contributed by atoms with van der Waals surface area (Å²) < 4.78 is 50.5. The molecule has 0 spiro atoms. The maximum Gasteiger partial charge on any atom is 0.417 e. The molecular formula is C16H12ClF3O3. The van der Waals surface area contributed by atoms with Crippen LogP contribution in [-0.4, -0.2) is 6.61 Å². The average molecular weight is 345 g/mol. The van der Waals surface area contributed by atoms with Crippen LogP contribution in [0.4, 0.5) is 13.2 Å². The maximum absolute atomic E-state index is 13.4. The van der Waals surface area contributed by atoms with Crippen LogP contribution < -0.4 is 10.4 Å². The molecule has 0 unspecified atom stereocenters. The normalized spacial score (nSPS) is 11.5. The van der Waals surface area contributed by atoms with Gasteiger partial charge in [-0.3, -0.25) is 0 Å². The summed E-state index contributed by atoms with van der Waals surface area (Å²) in [6, 6.07) is 2.46. The van der Waals surface area contributed by atoms with E-state index >= 15 is 0 Å². The Morgan fingerprint density at radius 1 is 1.26 bits per heavy atom. The monoisotopic (exact) mass is 344 g/mol. The molecule has 0 fully saturated rings. The fraction of sp³-hybridized carbons (Fsp3) is 0.188. The Hall–Kier alpha value is -2.21. The molecule has 1 aromatic heterocycles. The number of rotatable bonds is 5. The third-order valence-corrected chi connectivity index (χ3v) is 3.42. The van der Waals surface area contributed by atoms with Gasteiger partial charge in [-0.2, -0.15) is 13.2 Å². The van der Waals surface area contributed by atoms with E-state index in [0.717, 1.165) is 6.07 Å². The van der Waals surface area contributed by atoms with E-state index in [-0.39, 0.29) is 34.8 Å². The second kappa shape index (κ2) is 6.50. The smallest absolute Gasteiger partial charge is 0.417 e. The Morgan fingerprint density at radius 3 is 2.52 bits per heavy atom. The van der Waals surface area contributed by atoms with Crippen LogP contribution in [0.15, 0.2) is 46.7 Å². The van der Waals surface area contributed by atoms with Gasteiger partial charge in [-0.15, -0.1) is 6.58 Å². The van der Waals surface area contributed by atoms with Gasteiger partial charge >= 0.3 is 11.8 Å². The van der Waals surface area contributed by atoms with Crippen molar-refractivity contribution in [2.24, 2.45) is 0 Å². The molecule has 0 saturated heterocycles. The molecule has 2 rings (SSSR count). The minimum absolute atomic E-state index is 0.104. The number of alkyl halides is 3. The van der Waals surface area contributed by atoms with E-state index in [1.165, 1.54) is 18.2 Å². The van der Waals surface area contributed by atoms with E-state index in [1.54, 1.807) is 0 Å². The van der Waals surface area contributed by atoms with Crippen LogP contribution in [0.1, 0.15) is 11.1 Å². The average Bonchev–Trinajstić information content (AvgIpc) is 2.47. The maximum atomic E-state index is 13.4. The summed E-state index contributed by atoms with van der Waals surface area (Å²) in [5.74, 6) is 0.104. The minimum atomic E-state index is -4.74. The summed E-state index contributed by atoms with van der Waals surface area (Å²) in [4.78, 5) is 11.9. The first-order chi connectivity index (χ1) is 10.8. The summed E-state index contributed by atoms with van der Waals surface area (Å²) in [6.45, 7) is 6.93. The van der Waals surface area contributed by atoms with E-state index in [9.17, 15) is 18.0 Å². The summed E-state index contributed by atoms with van der Waals surface area (Å²) in [5, 5.41) is -0.498. The van der Waals surface area contributed by atoms with E-state index in [2.05, 4.69) is 13.2 Å². The van der Waals surface area contributed by atoms with E-state index in [0.29, 0.717) is 0 Å². The highest BCUT2D eigenvalue weighted by Crippen LogP contribution is 2.40. The van der Waals surface area contributed by atoms with Crippen molar-refractivity contribution < 1.29 is 22.3 Å². The fourth-order valence-corrected chi connectivity index (χ4v) is 2.43. The number of ether oxygens (including phenoxy) is 1. The Labute approximate surface area is 134 Å². The lowest BCUT2D eigenvalue weighted by atomic mass is 10.0. The highest BCUT2D eigenvalue weighted by molar-refractivity contribution is 6.36. The van der Waals surface area contributed by atoms with Gasteiger partial charge in [-0.25, -0.2) is 4.79 Å². The highest BCUT2D eigenvalue weighted by Gasteiger charge is 2.37. The van der Waals surface area contributed by atoms with Crippen molar-refractivity contribution in [1.82, 2.24) is 0 Å². The van der Waals surface area contributed by atoms with Crippen molar-refractivity contribution >= 4 is 22.6 Å². The van der Waals surface area contributed by atoms with Crippen LogP contribution in [0.25, 0.3) is 11.0 Å². The number of hydrogen-bond acceptors (Lipinski definition) is 3. The van der Waals surface area contributed by atoms with Crippen molar-refractivity contribution in [3.05, 3.63) is 64.0 Å². The summed E-state index contributed by atoms with van der Waals surface area (Å²) >= 11 is 6.02. The van der Waals surface area contributed by atoms with Crippen LogP contribution >= 0.6 is 11.6 Å². The Morgan fingerprint density at radius 2 is 1.96 bits per heavy atom. The molecule has 0 radical (unpaired) electrons. The fourth-order valence-electron chi connectivity index (χ4n) is 2.17. The zero-order valence-corrected chi connectivity index (χ0v) is 12.6. The SMILES string of the molecule is C=CCOc1ccc2c(C(F)(F)F)c(CC=C)c(=O)oc2c1Cl. The highest BCUT2D eigenvalue weighted by atomic mass is 35.5. The first kappa shape index (κ1) is 17.1. The molecule has 0 aliphatic rings. The van der Waals surface area contributed by atoms with Crippen molar-refractivity contribution in [3.8, 4) is 5.75 Å². The predicted octanol–water partition coefficient (Wildman–Crippen LogP) is 4.76. The molecule has 1 aromatic carbocycles. The van der Waals surface area contributed by atoms with Gasteiger partial charge in [0.2, 0.25) is 0 Å². The van der Waals surface area contributed by atoms with Crippen LogP contribution in [-0.2, 0) is 12.6 Å². The molecule has 1 heterocycles. The second-order valence-corrected chi connectivity index (χ2v) is 4.97. The predicted molar refractivity (Wildman–Crippen MR) is 82.1 cm³/mol. The quantitative estimate of drug-likeness (QED) is 0.580. The molecule has 0 saturated carbocycles. The van der Waals surface area contributed by atoms with Crippen molar-refractivity contribution in [1.29, 1.82) is 0 Å². The molecule has 122 valence electrons. The molecule has 0 N–H and O–H groups in total. The molecule has 7 heteroatoms. The Kier molecular flexibility index (Phi) is 4.85. The first-order valence-corrected chi connectivity index (χ1v) is 6.89. The largest absolute Gasteiger partial charge is 0.488 e. The number of hydrogen-bond donors (Lipinski definition) is 0. The Balaban J connectivity index is 2.84. The number of allylic oxidation sites excluding steroid dienone is 1. The van der Waals surface area contributed by atoms with Gasteiger partial charge in [0.1, 0.15) is 17.4 Å². The number of fused-ring (bicyclic) bond motifs is 1. The van der Waals surface area contributed by atoms with E-state index in [4.69, 9.17) is 20.8 Å². The summed E-state index contributed by atoms with van der Waals surface area (Å²) in [6.07, 6.45) is -2.35. The summed E-state index contributed by atoms with van der Waals surface area (Å²) in [7, 11) is 0. The van der Waals surface area contributed by atoms with E-state index in [1.807, 2.05) is 0 Å². The molecule has 0 aliphatic heterocycles.